The summed E-state index contributed by atoms with van der Waals surface area (Å²) in [6.45, 7) is 5.92. The van der Waals surface area contributed by atoms with Gasteiger partial charge < -0.3 is 24.4 Å². The summed E-state index contributed by atoms with van der Waals surface area (Å²) in [5, 5.41) is 6.76. The molecule has 50 heavy (non-hydrogen) atoms. The lowest BCUT2D eigenvalue weighted by Gasteiger charge is -2.42. The lowest BCUT2D eigenvalue weighted by atomic mass is 9.84. The molecule has 2 amide bonds. The average Bonchev–Trinajstić information content (AvgIpc) is 3.42. The molecular weight excluding hydrogens is 646 g/mol. The minimum Gasteiger partial charge on any atom is -0.420 e. The molecule has 10 nitrogen and oxygen atoms in total. The molecule has 2 aromatic rings. The molecular formula is C38H50F2N4O6. The minimum absolute atomic E-state index is 0.0194. The molecule has 1 N–H and O–H groups in total. The Morgan fingerprint density at radius 2 is 1.72 bits per heavy atom. The SMILES string of the molecule is CCCCCCCCCCCCCC(=O)Oc1c2n(cc(C(=O)NCc3ccc(F)cc3F)c1=O)[C@@H]1CN(C2=O)[C@@H](C)CC[C@]12CC(C)=NO2. The molecule has 4 heterocycles. The van der Waals surface area contributed by atoms with Crippen LogP contribution in [0, 0.1) is 11.6 Å². The van der Waals surface area contributed by atoms with Gasteiger partial charge in [-0.05, 0) is 39.2 Å². The molecule has 0 saturated carbocycles. The summed E-state index contributed by atoms with van der Waals surface area (Å²) < 4.78 is 35.1. The topological polar surface area (TPSA) is 119 Å². The lowest BCUT2D eigenvalue weighted by Crippen LogP contribution is -2.52. The number of rotatable bonds is 16. The Morgan fingerprint density at radius 3 is 2.36 bits per heavy atom. The van der Waals surface area contributed by atoms with Gasteiger partial charge in [-0.1, -0.05) is 82.4 Å². The highest BCUT2D eigenvalue weighted by Gasteiger charge is 2.54. The summed E-state index contributed by atoms with van der Waals surface area (Å²) in [5.41, 5.74) is -1.46. The number of ether oxygens (including phenoxy) is 1. The molecule has 1 aromatic carbocycles. The van der Waals surface area contributed by atoms with Gasteiger partial charge in [-0.25, -0.2) is 8.78 Å². The molecule has 12 heteroatoms. The van der Waals surface area contributed by atoms with Crippen molar-refractivity contribution in [2.24, 2.45) is 5.16 Å². The van der Waals surface area contributed by atoms with E-state index in [1.54, 1.807) is 9.47 Å². The number of hydrogen-bond donors (Lipinski definition) is 1. The van der Waals surface area contributed by atoms with Gasteiger partial charge in [0.05, 0.1) is 11.8 Å². The smallest absolute Gasteiger partial charge is 0.311 e. The van der Waals surface area contributed by atoms with E-state index >= 15 is 0 Å². The van der Waals surface area contributed by atoms with E-state index in [1.165, 1.54) is 50.8 Å². The molecule has 1 saturated heterocycles. The van der Waals surface area contributed by atoms with Crippen LogP contribution in [0.15, 0.2) is 34.3 Å². The number of nitrogens with zero attached hydrogens (tertiary/aromatic N) is 3. The highest BCUT2D eigenvalue weighted by Crippen LogP contribution is 2.46. The van der Waals surface area contributed by atoms with Gasteiger partial charge in [-0.3, -0.25) is 19.2 Å². The first kappa shape index (κ1) is 37.2. The number of unbranched alkanes of at least 4 members (excludes halogenated alkanes) is 10. The number of hydrogen-bond acceptors (Lipinski definition) is 7. The molecule has 3 aliphatic rings. The molecule has 5 rings (SSSR count). The highest BCUT2D eigenvalue weighted by molar-refractivity contribution is 6.00. The zero-order valence-corrected chi connectivity index (χ0v) is 29.5. The first-order valence-electron chi connectivity index (χ1n) is 18.3. The summed E-state index contributed by atoms with van der Waals surface area (Å²) in [4.78, 5) is 62.6. The summed E-state index contributed by atoms with van der Waals surface area (Å²) in [5.74, 6) is -4.11. The second-order valence-corrected chi connectivity index (χ2v) is 14.2. The maximum atomic E-state index is 14.3. The van der Waals surface area contributed by atoms with Gasteiger partial charge in [-0.15, -0.1) is 0 Å². The van der Waals surface area contributed by atoms with Crippen LogP contribution in [-0.2, 0) is 16.2 Å². The van der Waals surface area contributed by atoms with Crippen molar-refractivity contribution in [1.29, 1.82) is 0 Å². The average molecular weight is 697 g/mol. The van der Waals surface area contributed by atoms with E-state index < -0.39 is 52.2 Å². The molecule has 1 fully saturated rings. The quantitative estimate of drug-likeness (QED) is 0.145. The van der Waals surface area contributed by atoms with Gasteiger partial charge in [0.15, 0.2) is 11.3 Å². The number of oxime groups is 1. The second-order valence-electron chi connectivity index (χ2n) is 14.2. The van der Waals surface area contributed by atoms with Gasteiger partial charge in [0.25, 0.3) is 11.8 Å². The number of nitrogens with one attached hydrogen (secondary N) is 1. The van der Waals surface area contributed by atoms with Crippen LogP contribution in [0.3, 0.4) is 0 Å². The fourth-order valence-electron chi connectivity index (χ4n) is 7.40. The third-order valence-corrected chi connectivity index (χ3v) is 10.3. The van der Waals surface area contributed by atoms with Crippen molar-refractivity contribution in [2.45, 2.75) is 141 Å². The van der Waals surface area contributed by atoms with E-state index in [0.29, 0.717) is 31.7 Å². The fourth-order valence-corrected chi connectivity index (χ4v) is 7.40. The molecule has 0 radical (unpaired) electrons. The van der Waals surface area contributed by atoms with Crippen molar-refractivity contribution in [2.75, 3.05) is 6.54 Å². The number of pyridine rings is 1. The normalized spacial score (nSPS) is 21.0. The maximum absolute atomic E-state index is 14.3. The third-order valence-electron chi connectivity index (χ3n) is 10.3. The second kappa shape index (κ2) is 16.7. The van der Waals surface area contributed by atoms with Crippen LogP contribution in [0.4, 0.5) is 8.78 Å². The van der Waals surface area contributed by atoms with E-state index in [-0.39, 0.29) is 42.4 Å². The zero-order valence-electron chi connectivity index (χ0n) is 29.5. The molecule has 1 spiro atoms. The molecule has 1 aromatic heterocycles. The van der Waals surface area contributed by atoms with E-state index in [1.807, 2.05) is 13.8 Å². The van der Waals surface area contributed by atoms with Crippen molar-refractivity contribution >= 4 is 23.5 Å². The van der Waals surface area contributed by atoms with Gasteiger partial charge >= 0.3 is 5.97 Å². The first-order chi connectivity index (χ1) is 24.0. The fraction of sp³-hybridized carbons (Fsp3) is 0.605. The molecule has 3 atom stereocenters. The Morgan fingerprint density at radius 1 is 1.04 bits per heavy atom. The predicted octanol–water partition coefficient (Wildman–Crippen LogP) is 7.38. The third kappa shape index (κ3) is 8.43. The monoisotopic (exact) mass is 696 g/mol. The van der Waals surface area contributed by atoms with E-state index in [0.717, 1.165) is 37.5 Å². The molecule has 272 valence electrons. The summed E-state index contributed by atoms with van der Waals surface area (Å²) in [6, 6.07) is 2.24. The van der Waals surface area contributed by atoms with Crippen molar-refractivity contribution in [3.8, 4) is 5.75 Å². The number of aromatic nitrogens is 1. The Labute approximate surface area is 292 Å². The highest BCUT2D eigenvalue weighted by atomic mass is 19.1. The van der Waals surface area contributed by atoms with Crippen LogP contribution in [0.25, 0.3) is 0 Å². The van der Waals surface area contributed by atoms with Crippen LogP contribution >= 0.6 is 0 Å². The Hall–Kier alpha value is -4.09. The van der Waals surface area contributed by atoms with E-state index in [9.17, 15) is 28.0 Å². The van der Waals surface area contributed by atoms with E-state index in [2.05, 4.69) is 17.4 Å². The van der Waals surface area contributed by atoms with Crippen molar-refractivity contribution in [3.63, 3.8) is 0 Å². The summed E-state index contributed by atoms with van der Waals surface area (Å²) >= 11 is 0. The number of carbonyl (C=O) groups excluding carboxylic acids is 3. The van der Waals surface area contributed by atoms with E-state index in [4.69, 9.17) is 9.57 Å². The van der Waals surface area contributed by atoms with Crippen LogP contribution < -0.4 is 15.5 Å². The number of halogens is 2. The van der Waals surface area contributed by atoms with Crippen LogP contribution in [0.2, 0.25) is 0 Å². The van der Waals surface area contributed by atoms with Gasteiger partial charge in [-0.2, -0.15) is 0 Å². The number of amides is 2. The number of carbonyl (C=O) groups is 3. The predicted molar refractivity (Wildman–Crippen MR) is 185 cm³/mol. The number of fused-ring (bicyclic) bond motifs is 5. The molecule has 0 unspecified atom stereocenters. The Balaban J connectivity index is 1.37. The first-order valence-corrected chi connectivity index (χ1v) is 18.3. The van der Waals surface area contributed by atoms with Crippen LogP contribution in [0.5, 0.6) is 5.75 Å². The van der Waals surface area contributed by atoms with Gasteiger partial charge in [0.1, 0.15) is 17.2 Å². The number of benzene rings is 1. The van der Waals surface area contributed by atoms with Crippen LogP contribution in [-0.4, -0.2) is 51.2 Å². The molecule has 3 aliphatic heterocycles. The largest absolute Gasteiger partial charge is 0.420 e. The lowest BCUT2D eigenvalue weighted by molar-refractivity contribution is -0.134. The molecule has 0 aliphatic carbocycles. The maximum Gasteiger partial charge on any atom is 0.311 e. The Bertz CT molecular complexity index is 1660. The van der Waals surface area contributed by atoms with Crippen LogP contribution in [0.1, 0.15) is 150 Å². The van der Waals surface area contributed by atoms with Crippen molar-refractivity contribution in [1.82, 2.24) is 14.8 Å². The summed E-state index contributed by atoms with van der Waals surface area (Å²) in [6.07, 6.45) is 15.2. The van der Waals surface area contributed by atoms with Gasteiger partial charge in [0.2, 0.25) is 11.2 Å². The van der Waals surface area contributed by atoms with Gasteiger partial charge in [0, 0.05) is 49.8 Å². The standard InChI is InChI=1S/C38H50F2N4O6/c1-4-5-6-7-8-9-10-11-12-13-14-15-32(45)49-35-33-37(48)43-24-31(38(19-18-26(43)3)21-25(2)42-50-38)44(33)23-29(34(35)46)36(47)41-22-27-16-17-28(39)20-30(27)40/h16-17,20,23,26,31H,4-15,18-19,21-22,24H2,1-3H3,(H,41,47)/t26-,31+,38-/m0/s1. The minimum atomic E-state index is -0.921. The van der Waals surface area contributed by atoms with Crippen molar-refractivity contribution in [3.05, 3.63) is 63.1 Å². The van der Waals surface area contributed by atoms with Crippen molar-refractivity contribution < 1.29 is 32.7 Å². The molecule has 2 bridgehead atoms. The Kier molecular flexibility index (Phi) is 12.4. The summed E-state index contributed by atoms with van der Waals surface area (Å²) in [7, 11) is 0. The number of esters is 1. The zero-order chi connectivity index (χ0) is 35.8.